The van der Waals surface area contributed by atoms with E-state index in [1.165, 1.54) is 7.11 Å². The number of carbonyl (C=O) groups is 1. The molecule has 0 aromatic rings. The molecule has 0 aliphatic heterocycles. The van der Waals surface area contributed by atoms with Gasteiger partial charge in [-0.1, -0.05) is 0 Å². The molecule has 1 unspecified atom stereocenters. The Hall–Kier alpha value is -0.610. The van der Waals surface area contributed by atoms with Crippen molar-refractivity contribution in [2.75, 3.05) is 20.8 Å². The highest BCUT2D eigenvalue weighted by Gasteiger charge is 2.28. The van der Waals surface area contributed by atoms with Gasteiger partial charge in [0.05, 0.1) is 7.11 Å². The molecule has 0 fully saturated rings. The van der Waals surface area contributed by atoms with E-state index in [1.54, 1.807) is 14.0 Å². The Morgan fingerprint density at radius 1 is 1.50 bits per heavy atom. The SMILES string of the molecule is COCCCC(C)(N)C(=O)OC. The lowest BCUT2D eigenvalue weighted by Crippen LogP contribution is -2.45. The highest BCUT2D eigenvalue weighted by atomic mass is 16.5. The maximum Gasteiger partial charge on any atom is 0.325 e. The molecular formula is C8H17NO3. The molecule has 12 heavy (non-hydrogen) atoms. The predicted octanol–water partition coefficient (Wildman–Crippen LogP) is 0.303. The first-order valence-corrected chi connectivity index (χ1v) is 3.91. The van der Waals surface area contributed by atoms with Crippen LogP contribution in [0.4, 0.5) is 0 Å². The summed E-state index contributed by atoms with van der Waals surface area (Å²) in [4.78, 5) is 11.0. The summed E-state index contributed by atoms with van der Waals surface area (Å²) in [5.74, 6) is -0.376. The van der Waals surface area contributed by atoms with E-state index in [9.17, 15) is 4.79 Å². The molecule has 0 saturated carbocycles. The van der Waals surface area contributed by atoms with Crippen LogP contribution in [0.2, 0.25) is 0 Å². The second-order valence-corrected chi connectivity index (χ2v) is 3.01. The molecule has 0 heterocycles. The Balaban J connectivity index is 3.78. The summed E-state index contributed by atoms with van der Waals surface area (Å²) in [6, 6.07) is 0. The lowest BCUT2D eigenvalue weighted by atomic mass is 9.98. The summed E-state index contributed by atoms with van der Waals surface area (Å²) >= 11 is 0. The van der Waals surface area contributed by atoms with E-state index in [-0.39, 0.29) is 5.97 Å². The molecule has 0 amide bonds. The average Bonchev–Trinajstić information content (AvgIpc) is 2.03. The van der Waals surface area contributed by atoms with Gasteiger partial charge in [-0.2, -0.15) is 0 Å². The molecule has 0 saturated heterocycles. The normalized spacial score (nSPS) is 15.3. The van der Waals surface area contributed by atoms with Crippen LogP contribution in [0.15, 0.2) is 0 Å². The van der Waals surface area contributed by atoms with E-state index in [2.05, 4.69) is 4.74 Å². The van der Waals surface area contributed by atoms with Crippen LogP contribution in [0.25, 0.3) is 0 Å². The zero-order chi connectivity index (χ0) is 9.61. The van der Waals surface area contributed by atoms with Crippen molar-refractivity contribution in [3.05, 3.63) is 0 Å². The maximum absolute atomic E-state index is 11.0. The second kappa shape index (κ2) is 5.11. The molecule has 0 bridgehead atoms. The first kappa shape index (κ1) is 11.4. The first-order valence-electron chi connectivity index (χ1n) is 3.91. The molecule has 72 valence electrons. The Labute approximate surface area is 73.0 Å². The molecule has 0 aromatic carbocycles. The molecule has 2 N–H and O–H groups in total. The monoisotopic (exact) mass is 175 g/mol. The van der Waals surface area contributed by atoms with Gasteiger partial charge in [0, 0.05) is 13.7 Å². The maximum atomic E-state index is 11.0. The van der Waals surface area contributed by atoms with Gasteiger partial charge in [0.25, 0.3) is 0 Å². The van der Waals surface area contributed by atoms with Gasteiger partial charge in [-0.25, -0.2) is 0 Å². The van der Waals surface area contributed by atoms with Crippen LogP contribution in [-0.2, 0) is 14.3 Å². The lowest BCUT2D eigenvalue weighted by molar-refractivity contribution is -0.146. The van der Waals surface area contributed by atoms with Crippen LogP contribution in [-0.4, -0.2) is 32.3 Å². The highest BCUT2D eigenvalue weighted by molar-refractivity contribution is 5.79. The third kappa shape index (κ3) is 3.69. The number of methoxy groups -OCH3 is 2. The van der Waals surface area contributed by atoms with Crippen LogP contribution >= 0.6 is 0 Å². The van der Waals surface area contributed by atoms with Crippen LogP contribution in [0, 0.1) is 0 Å². The fraction of sp³-hybridized carbons (Fsp3) is 0.875. The lowest BCUT2D eigenvalue weighted by Gasteiger charge is -2.20. The molecule has 0 aromatic heterocycles. The third-order valence-electron chi connectivity index (χ3n) is 1.70. The summed E-state index contributed by atoms with van der Waals surface area (Å²) in [6.07, 6.45) is 1.34. The first-order chi connectivity index (χ1) is 5.54. The minimum absolute atomic E-state index is 0.376. The van der Waals surface area contributed by atoms with Crippen LogP contribution in [0.5, 0.6) is 0 Å². The predicted molar refractivity (Wildman–Crippen MR) is 45.7 cm³/mol. The van der Waals surface area contributed by atoms with E-state index >= 15 is 0 Å². The zero-order valence-corrected chi connectivity index (χ0v) is 7.92. The molecule has 4 heteroatoms. The van der Waals surface area contributed by atoms with Gasteiger partial charge in [0.15, 0.2) is 0 Å². The van der Waals surface area contributed by atoms with Crippen molar-refractivity contribution in [1.82, 2.24) is 0 Å². The van der Waals surface area contributed by atoms with Gasteiger partial charge < -0.3 is 15.2 Å². The van der Waals surface area contributed by atoms with Crippen LogP contribution < -0.4 is 5.73 Å². The van der Waals surface area contributed by atoms with E-state index in [4.69, 9.17) is 10.5 Å². The van der Waals surface area contributed by atoms with E-state index in [0.29, 0.717) is 13.0 Å². The quantitative estimate of drug-likeness (QED) is 0.482. The van der Waals surface area contributed by atoms with Crippen LogP contribution in [0.1, 0.15) is 19.8 Å². The standard InChI is InChI=1S/C8H17NO3/c1-8(9,7(10)12-3)5-4-6-11-2/h4-6,9H2,1-3H3. The molecule has 0 rings (SSSR count). The Kier molecular flexibility index (Phi) is 4.85. The Bertz CT molecular complexity index is 145. The summed E-state index contributed by atoms with van der Waals surface area (Å²) in [6.45, 7) is 2.28. The molecule has 1 atom stereocenters. The van der Waals surface area contributed by atoms with Gasteiger partial charge in [-0.15, -0.1) is 0 Å². The molecule has 0 aliphatic rings. The fourth-order valence-electron chi connectivity index (χ4n) is 0.919. The molecule has 4 nitrogen and oxygen atoms in total. The molecule has 0 radical (unpaired) electrons. The summed E-state index contributed by atoms with van der Waals surface area (Å²) < 4.78 is 9.38. The summed E-state index contributed by atoms with van der Waals surface area (Å²) in [5, 5.41) is 0. The van der Waals surface area contributed by atoms with Gasteiger partial charge in [-0.05, 0) is 19.8 Å². The fourth-order valence-corrected chi connectivity index (χ4v) is 0.919. The van der Waals surface area contributed by atoms with E-state index in [0.717, 1.165) is 6.42 Å². The number of carbonyl (C=O) groups excluding carboxylic acids is 1. The Morgan fingerprint density at radius 3 is 2.50 bits per heavy atom. The van der Waals surface area contributed by atoms with Crippen molar-refractivity contribution in [3.63, 3.8) is 0 Å². The largest absolute Gasteiger partial charge is 0.468 e. The molecule has 0 spiro atoms. The minimum atomic E-state index is -0.882. The molecular weight excluding hydrogens is 158 g/mol. The number of hydrogen-bond acceptors (Lipinski definition) is 4. The van der Waals surface area contributed by atoms with Crippen molar-refractivity contribution in [1.29, 1.82) is 0 Å². The van der Waals surface area contributed by atoms with E-state index < -0.39 is 5.54 Å². The minimum Gasteiger partial charge on any atom is -0.468 e. The number of hydrogen-bond donors (Lipinski definition) is 1. The molecule has 0 aliphatic carbocycles. The summed E-state index contributed by atoms with van der Waals surface area (Å²) in [5.41, 5.74) is 4.80. The van der Waals surface area contributed by atoms with Crippen molar-refractivity contribution < 1.29 is 14.3 Å². The number of rotatable bonds is 5. The van der Waals surface area contributed by atoms with Crippen molar-refractivity contribution >= 4 is 5.97 Å². The highest BCUT2D eigenvalue weighted by Crippen LogP contribution is 2.10. The summed E-state index contributed by atoms with van der Waals surface area (Å²) in [7, 11) is 2.95. The average molecular weight is 175 g/mol. The van der Waals surface area contributed by atoms with Gasteiger partial charge >= 0.3 is 5.97 Å². The van der Waals surface area contributed by atoms with Crippen molar-refractivity contribution in [2.45, 2.75) is 25.3 Å². The third-order valence-corrected chi connectivity index (χ3v) is 1.70. The van der Waals surface area contributed by atoms with Crippen LogP contribution in [0.3, 0.4) is 0 Å². The van der Waals surface area contributed by atoms with Crippen molar-refractivity contribution in [2.24, 2.45) is 5.73 Å². The smallest absolute Gasteiger partial charge is 0.325 e. The Morgan fingerprint density at radius 2 is 2.08 bits per heavy atom. The van der Waals surface area contributed by atoms with E-state index in [1.807, 2.05) is 0 Å². The number of esters is 1. The topological polar surface area (TPSA) is 61.5 Å². The number of ether oxygens (including phenoxy) is 2. The number of nitrogens with two attached hydrogens (primary N) is 1. The van der Waals surface area contributed by atoms with Gasteiger partial charge in [0.2, 0.25) is 0 Å². The van der Waals surface area contributed by atoms with Gasteiger partial charge in [0.1, 0.15) is 5.54 Å². The second-order valence-electron chi connectivity index (χ2n) is 3.01. The van der Waals surface area contributed by atoms with Gasteiger partial charge in [-0.3, -0.25) is 4.79 Å². The van der Waals surface area contributed by atoms with Crippen molar-refractivity contribution in [3.8, 4) is 0 Å². The zero-order valence-electron chi connectivity index (χ0n) is 7.92.